The van der Waals surface area contributed by atoms with Gasteiger partial charge < -0.3 is 14.8 Å². The Morgan fingerprint density at radius 1 is 1.05 bits per heavy atom. The Kier molecular flexibility index (Phi) is 5.92. The normalized spacial score (nSPS) is 12.2. The van der Waals surface area contributed by atoms with Crippen LogP contribution in [0.2, 0.25) is 0 Å². The zero-order chi connectivity index (χ0) is 15.9. The molecule has 0 aliphatic rings. The minimum absolute atomic E-state index is 0.160. The third kappa shape index (κ3) is 3.84. The van der Waals surface area contributed by atoms with Gasteiger partial charge in [-0.1, -0.05) is 30.3 Å². The van der Waals surface area contributed by atoms with Crippen LogP contribution in [-0.4, -0.2) is 14.2 Å². The van der Waals surface area contributed by atoms with Crippen molar-refractivity contribution in [3.8, 4) is 5.75 Å². The summed E-state index contributed by atoms with van der Waals surface area (Å²) < 4.78 is 24.5. The molecule has 0 saturated heterocycles. The van der Waals surface area contributed by atoms with E-state index in [1.165, 1.54) is 6.07 Å². The summed E-state index contributed by atoms with van der Waals surface area (Å²) >= 11 is 0. The van der Waals surface area contributed by atoms with Gasteiger partial charge in [0.1, 0.15) is 11.6 Å². The van der Waals surface area contributed by atoms with Crippen LogP contribution in [0, 0.1) is 5.82 Å². The second-order valence-corrected chi connectivity index (χ2v) is 5.16. The average molecular weight is 303 g/mol. The molecule has 0 aliphatic carbocycles. The summed E-state index contributed by atoms with van der Waals surface area (Å²) in [5, 5.41) is 3.35. The summed E-state index contributed by atoms with van der Waals surface area (Å²) in [5.74, 6) is 0.301. The number of rotatable bonds is 7. The Balaban J connectivity index is 2.12. The highest BCUT2D eigenvalue weighted by atomic mass is 19.1. The van der Waals surface area contributed by atoms with Crippen molar-refractivity contribution >= 4 is 0 Å². The van der Waals surface area contributed by atoms with Gasteiger partial charge in [0, 0.05) is 25.3 Å². The van der Waals surface area contributed by atoms with Crippen molar-refractivity contribution in [2.75, 3.05) is 14.2 Å². The lowest BCUT2D eigenvalue weighted by atomic mass is 10.0. The van der Waals surface area contributed by atoms with Crippen molar-refractivity contribution in [3.63, 3.8) is 0 Å². The van der Waals surface area contributed by atoms with E-state index in [-0.39, 0.29) is 11.9 Å². The molecule has 2 aromatic carbocycles. The molecule has 0 fully saturated rings. The summed E-state index contributed by atoms with van der Waals surface area (Å²) in [4.78, 5) is 0. The van der Waals surface area contributed by atoms with Crippen molar-refractivity contribution in [2.24, 2.45) is 0 Å². The molecule has 2 aromatic rings. The van der Waals surface area contributed by atoms with Gasteiger partial charge >= 0.3 is 0 Å². The third-order valence-electron chi connectivity index (χ3n) is 3.68. The molecule has 0 heterocycles. The number of hydrogen-bond donors (Lipinski definition) is 1. The highest BCUT2D eigenvalue weighted by Crippen LogP contribution is 2.28. The number of benzene rings is 2. The molecule has 1 atom stereocenters. The molecular formula is C18H22FNO2. The van der Waals surface area contributed by atoms with Gasteiger partial charge in [-0.15, -0.1) is 0 Å². The van der Waals surface area contributed by atoms with Gasteiger partial charge in [0.05, 0.1) is 13.7 Å². The molecule has 0 aromatic heterocycles. The smallest absolute Gasteiger partial charge is 0.131 e. The van der Waals surface area contributed by atoms with Crippen molar-refractivity contribution in [1.82, 2.24) is 5.32 Å². The predicted molar refractivity (Wildman–Crippen MR) is 85.4 cm³/mol. The van der Waals surface area contributed by atoms with E-state index in [9.17, 15) is 4.39 Å². The molecule has 0 spiro atoms. The Morgan fingerprint density at radius 3 is 2.45 bits per heavy atom. The van der Waals surface area contributed by atoms with Gasteiger partial charge in [-0.25, -0.2) is 4.39 Å². The molecule has 3 nitrogen and oxygen atoms in total. The number of nitrogens with one attached hydrogen (secondary N) is 1. The second kappa shape index (κ2) is 7.92. The topological polar surface area (TPSA) is 30.5 Å². The summed E-state index contributed by atoms with van der Waals surface area (Å²) in [7, 11) is 3.23. The third-order valence-corrected chi connectivity index (χ3v) is 3.68. The molecule has 2 rings (SSSR count). The van der Waals surface area contributed by atoms with Crippen molar-refractivity contribution in [2.45, 2.75) is 26.1 Å². The monoisotopic (exact) mass is 303 g/mol. The molecule has 4 heteroatoms. The maximum atomic E-state index is 14.1. The largest absolute Gasteiger partial charge is 0.496 e. The Bertz CT molecular complexity index is 616. The van der Waals surface area contributed by atoms with Crippen LogP contribution in [0.4, 0.5) is 4.39 Å². The second-order valence-electron chi connectivity index (χ2n) is 5.16. The molecule has 0 aliphatic heterocycles. The zero-order valence-electron chi connectivity index (χ0n) is 13.2. The fourth-order valence-corrected chi connectivity index (χ4v) is 2.51. The van der Waals surface area contributed by atoms with E-state index in [2.05, 4.69) is 5.32 Å². The lowest BCUT2D eigenvalue weighted by molar-refractivity contribution is 0.184. The first-order valence-electron chi connectivity index (χ1n) is 7.29. The molecule has 0 amide bonds. The van der Waals surface area contributed by atoms with Crippen LogP contribution in [-0.2, 0) is 17.9 Å². The van der Waals surface area contributed by atoms with E-state index in [1.807, 2.05) is 31.2 Å². The molecule has 0 saturated carbocycles. The summed E-state index contributed by atoms with van der Waals surface area (Å²) in [6, 6.07) is 12.8. The summed E-state index contributed by atoms with van der Waals surface area (Å²) in [5.41, 5.74) is 2.82. The molecule has 1 N–H and O–H groups in total. The fourth-order valence-electron chi connectivity index (χ4n) is 2.51. The average Bonchev–Trinajstić information content (AvgIpc) is 2.53. The maximum Gasteiger partial charge on any atom is 0.131 e. The molecular weight excluding hydrogens is 281 g/mol. The van der Waals surface area contributed by atoms with Gasteiger partial charge in [0.25, 0.3) is 0 Å². The van der Waals surface area contributed by atoms with E-state index >= 15 is 0 Å². The molecule has 22 heavy (non-hydrogen) atoms. The number of methoxy groups -OCH3 is 2. The number of hydrogen-bond acceptors (Lipinski definition) is 3. The van der Waals surface area contributed by atoms with Crippen molar-refractivity contribution in [3.05, 3.63) is 65.0 Å². The van der Waals surface area contributed by atoms with E-state index in [0.717, 1.165) is 11.1 Å². The molecule has 0 radical (unpaired) electrons. The maximum absolute atomic E-state index is 14.1. The quantitative estimate of drug-likeness (QED) is 0.843. The Labute approximate surface area is 131 Å². The standard InChI is InChI=1S/C18H22FNO2/c1-13(18-16(19)9-6-10-17(18)22-3)20-11-14-7-4-5-8-15(14)12-21-2/h4-10,13,20H,11-12H2,1-3H3/t13-/m0/s1. The number of ether oxygens (including phenoxy) is 2. The molecule has 118 valence electrons. The van der Waals surface area contributed by atoms with Crippen LogP contribution in [0.25, 0.3) is 0 Å². The van der Waals surface area contributed by atoms with Crippen molar-refractivity contribution in [1.29, 1.82) is 0 Å². The van der Waals surface area contributed by atoms with Crippen LogP contribution in [0.1, 0.15) is 29.7 Å². The van der Waals surface area contributed by atoms with Gasteiger partial charge in [-0.2, -0.15) is 0 Å². The Morgan fingerprint density at radius 2 is 1.77 bits per heavy atom. The van der Waals surface area contributed by atoms with Gasteiger partial charge in [0.15, 0.2) is 0 Å². The minimum Gasteiger partial charge on any atom is -0.496 e. The van der Waals surface area contributed by atoms with Crippen LogP contribution in [0.3, 0.4) is 0 Å². The first-order chi connectivity index (χ1) is 10.7. The van der Waals surface area contributed by atoms with Crippen molar-refractivity contribution < 1.29 is 13.9 Å². The number of halogens is 1. The van der Waals surface area contributed by atoms with Crippen LogP contribution < -0.4 is 10.1 Å². The SMILES string of the molecule is COCc1ccccc1CN[C@@H](C)c1c(F)cccc1OC. The van der Waals surface area contributed by atoms with Gasteiger partial charge in [-0.05, 0) is 30.2 Å². The van der Waals surface area contributed by atoms with E-state index in [4.69, 9.17) is 9.47 Å². The fraction of sp³-hybridized carbons (Fsp3) is 0.333. The highest BCUT2D eigenvalue weighted by molar-refractivity contribution is 5.37. The summed E-state index contributed by atoms with van der Waals surface area (Å²) in [6.07, 6.45) is 0. The van der Waals surface area contributed by atoms with E-state index in [1.54, 1.807) is 26.4 Å². The first kappa shape index (κ1) is 16.5. The molecule has 0 unspecified atom stereocenters. The van der Waals surface area contributed by atoms with Gasteiger partial charge in [0.2, 0.25) is 0 Å². The molecule has 0 bridgehead atoms. The van der Waals surface area contributed by atoms with Crippen LogP contribution >= 0.6 is 0 Å². The van der Waals surface area contributed by atoms with Gasteiger partial charge in [-0.3, -0.25) is 0 Å². The van der Waals surface area contributed by atoms with Crippen LogP contribution in [0.15, 0.2) is 42.5 Å². The minimum atomic E-state index is -0.260. The van der Waals surface area contributed by atoms with E-state index < -0.39 is 0 Å². The lowest BCUT2D eigenvalue weighted by Gasteiger charge is -2.19. The Hall–Kier alpha value is -1.91. The zero-order valence-corrected chi connectivity index (χ0v) is 13.2. The highest BCUT2D eigenvalue weighted by Gasteiger charge is 2.16. The lowest BCUT2D eigenvalue weighted by Crippen LogP contribution is -2.20. The summed E-state index contributed by atoms with van der Waals surface area (Å²) in [6.45, 7) is 3.13. The first-order valence-corrected chi connectivity index (χ1v) is 7.29. The predicted octanol–water partition coefficient (Wildman–Crippen LogP) is 3.83. The van der Waals surface area contributed by atoms with E-state index in [0.29, 0.717) is 24.5 Å². The van der Waals surface area contributed by atoms with Crippen LogP contribution in [0.5, 0.6) is 5.75 Å².